The summed E-state index contributed by atoms with van der Waals surface area (Å²) in [7, 11) is 4.32. The minimum atomic E-state index is 0.654. The molecule has 1 aromatic carbocycles. The topological polar surface area (TPSA) is 24.3 Å². The van der Waals surface area contributed by atoms with Gasteiger partial charge in [-0.1, -0.05) is 6.07 Å². The average molecular weight is 335 g/mol. The van der Waals surface area contributed by atoms with Crippen LogP contribution in [0.2, 0.25) is 0 Å². The molecule has 1 aromatic heterocycles. The molecule has 0 saturated carbocycles. The molecule has 1 saturated heterocycles. The highest BCUT2D eigenvalue weighted by atomic mass is 79.9. The average Bonchev–Trinajstić information content (AvgIpc) is 3.07. The Labute approximate surface area is 128 Å². The highest BCUT2D eigenvalue weighted by Gasteiger charge is 2.24. The van der Waals surface area contributed by atoms with Crippen LogP contribution in [0.4, 0.5) is 5.69 Å². The Kier molecular flexibility index (Phi) is 3.81. The third kappa shape index (κ3) is 2.74. The van der Waals surface area contributed by atoms with E-state index in [0.29, 0.717) is 6.04 Å². The maximum atomic E-state index is 4.21. The molecule has 106 valence electrons. The molecule has 0 spiro atoms. The Balaban J connectivity index is 1.82. The first kappa shape index (κ1) is 13.6. The zero-order chi connectivity index (χ0) is 14.1. The molecule has 0 unspecified atom stereocenters. The van der Waals surface area contributed by atoms with Crippen LogP contribution in [0, 0.1) is 0 Å². The Morgan fingerprint density at radius 3 is 2.75 bits per heavy atom. The molecular weight excluding hydrogens is 316 g/mol. The molecule has 4 nitrogen and oxygen atoms in total. The summed E-state index contributed by atoms with van der Waals surface area (Å²) in [5.41, 5.74) is 2.44. The summed E-state index contributed by atoms with van der Waals surface area (Å²) < 4.78 is 2.89. The fourth-order valence-corrected chi connectivity index (χ4v) is 3.00. The maximum absolute atomic E-state index is 4.21. The molecule has 1 aliphatic heterocycles. The van der Waals surface area contributed by atoms with Crippen LogP contribution in [0.5, 0.6) is 0 Å². The van der Waals surface area contributed by atoms with Gasteiger partial charge in [-0.05, 0) is 54.6 Å². The standard InChI is InChI=1S/C15H19BrN4/c1-18(2)14-6-7-19(9-14)12-4-3-5-13(8-12)20-10-15(16)17-11-20/h3-5,8,10-11,14H,6-7,9H2,1-2H3/t14-/m1/s1. The Morgan fingerprint density at radius 1 is 1.30 bits per heavy atom. The number of imidazole rings is 1. The number of aromatic nitrogens is 2. The van der Waals surface area contributed by atoms with E-state index in [0.717, 1.165) is 23.4 Å². The summed E-state index contributed by atoms with van der Waals surface area (Å²) in [4.78, 5) is 8.99. The van der Waals surface area contributed by atoms with Gasteiger partial charge < -0.3 is 14.4 Å². The van der Waals surface area contributed by atoms with E-state index in [1.165, 1.54) is 12.1 Å². The van der Waals surface area contributed by atoms with Crippen LogP contribution in [-0.2, 0) is 0 Å². The molecule has 3 rings (SSSR count). The van der Waals surface area contributed by atoms with Gasteiger partial charge in [0.2, 0.25) is 0 Å². The molecule has 0 bridgehead atoms. The first-order valence-electron chi connectivity index (χ1n) is 6.85. The Morgan fingerprint density at radius 2 is 2.10 bits per heavy atom. The van der Waals surface area contributed by atoms with Gasteiger partial charge in [0.25, 0.3) is 0 Å². The van der Waals surface area contributed by atoms with E-state index in [1.807, 2.05) is 17.1 Å². The number of hydrogen-bond acceptors (Lipinski definition) is 3. The van der Waals surface area contributed by atoms with E-state index < -0.39 is 0 Å². The van der Waals surface area contributed by atoms with Gasteiger partial charge >= 0.3 is 0 Å². The van der Waals surface area contributed by atoms with Crippen molar-refractivity contribution >= 4 is 21.6 Å². The molecule has 1 aliphatic rings. The Hall–Kier alpha value is -1.33. The predicted molar refractivity (Wildman–Crippen MR) is 85.6 cm³/mol. The van der Waals surface area contributed by atoms with Gasteiger partial charge in [-0.15, -0.1) is 0 Å². The zero-order valence-electron chi connectivity index (χ0n) is 11.8. The molecule has 1 atom stereocenters. The number of benzene rings is 1. The van der Waals surface area contributed by atoms with E-state index in [4.69, 9.17) is 0 Å². The molecule has 2 aromatic rings. The van der Waals surface area contributed by atoms with E-state index in [9.17, 15) is 0 Å². The van der Waals surface area contributed by atoms with Gasteiger partial charge in [0, 0.05) is 36.7 Å². The normalized spacial score (nSPS) is 19.0. The molecule has 5 heteroatoms. The zero-order valence-corrected chi connectivity index (χ0v) is 13.4. The summed E-state index contributed by atoms with van der Waals surface area (Å²) >= 11 is 3.39. The number of nitrogens with zero attached hydrogens (tertiary/aromatic N) is 4. The van der Waals surface area contributed by atoms with E-state index in [1.54, 1.807) is 0 Å². The summed E-state index contributed by atoms with van der Waals surface area (Å²) in [5.74, 6) is 0. The summed E-state index contributed by atoms with van der Waals surface area (Å²) in [5, 5.41) is 0. The van der Waals surface area contributed by atoms with Gasteiger partial charge in [-0.2, -0.15) is 0 Å². The second-order valence-corrected chi connectivity index (χ2v) is 6.29. The first-order chi connectivity index (χ1) is 9.63. The molecule has 1 fully saturated rings. The number of anilines is 1. The summed E-state index contributed by atoms with van der Waals surface area (Å²) in [6, 6.07) is 9.29. The van der Waals surface area contributed by atoms with Crippen molar-refractivity contribution in [2.75, 3.05) is 32.1 Å². The minimum Gasteiger partial charge on any atom is -0.370 e. The monoisotopic (exact) mass is 334 g/mol. The van der Waals surface area contributed by atoms with Crippen LogP contribution in [0.3, 0.4) is 0 Å². The van der Waals surface area contributed by atoms with Gasteiger partial charge in [-0.25, -0.2) is 4.98 Å². The van der Waals surface area contributed by atoms with Gasteiger partial charge in [0.1, 0.15) is 10.9 Å². The summed E-state index contributed by atoms with van der Waals surface area (Å²) in [6.45, 7) is 2.23. The smallest absolute Gasteiger partial charge is 0.124 e. The van der Waals surface area contributed by atoms with Gasteiger partial charge in [0.15, 0.2) is 0 Å². The largest absolute Gasteiger partial charge is 0.370 e. The van der Waals surface area contributed by atoms with E-state index in [-0.39, 0.29) is 0 Å². The van der Waals surface area contributed by atoms with E-state index in [2.05, 4.69) is 69.1 Å². The fourth-order valence-electron chi connectivity index (χ4n) is 2.69. The number of halogens is 1. The van der Waals surface area contributed by atoms with Crippen molar-refractivity contribution in [3.63, 3.8) is 0 Å². The maximum Gasteiger partial charge on any atom is 0.124 e. The minimum absolute atomic E-state index is 0.654. The Bertz CT molecular complexity index is 593. The molecular formula is C15H19BrN4. The molecule has 20 heavy (non-hydrogen) atoms. The lowest BCUT2D eigenvalue weighted by Crippen LogP contribution is -2.31. The highest BCUT2D eigenvalue weighted by molar-refractivity contribution is 9.10. The van der Waals surface area contributed by atoms with E-state index >= 15 is 0 Å². The van der Waals surface area contributed by atoms with Crippen molar-refractivity contribution in [3.8, 4) is 5.69 Å². The quantitative estimate of drug-likeness (QED) is 0.862. The van der Waals surface area contributed by atoms with Gasteiger partial charge in [0.05, 0.1) is 0 Å². The van der Waals surface area contributed by atoms with Crippen LogP contribution < -0.4 is 4.90 Å². The van der Waals surface area contributed by atoms with Crippen molar-refractivity contribution in [1.29, 1.82) is 0 Å². The van der Waals surface area contributed by atoms with Crippen molar-refractivity contribution in [3.05, 3.63) is 41.4 Å². The third-order valence-corrected chi connectivity index (χ3v) is 4.35. The number of hydrogen-bond donors (Lipinski definition) is 0. The van der Waals surface area contributed by atoms with Crippen molar-refractivity contribution in [2.24, 2.45) is 0 Å². The van der Waals surface area contributed by atoms with Crippen molar-refractivity contribution < 1.29 is 0 Å². The lowest BCUT2D eigenvalue weighted by atomic mass is 10.2. The van der Waals surface area contributed by atoms with Crippen LogP contribution in [-0.4, -0.2) is 47.7 Å². The third-order valence-electron chi connectivity index (χ3n) is 3.94. The van der Waals surface area contributed by atoms with Crippen molar-refractivity contribution in [2.45, 2.75) is 12.5 Å². The fraction of sp³-hybridized carbons (Fsp3) is 0.400. The number of rotatable bonds is 3. The van der Waals surface area contributed by atoms with Crippen LogP contribution in [0.15, 0.2) is 41.4 Å². The second kappa shape index (κ2) is 5.58. The lowest BCUT2D eigenvalue weighted by molar-refractivity contribution is 0.315. The number of likely N-dealkylation sites (N-methyl/N-ethyl adjacent to an activating group) is 1. The second-order valence-electron chi connectivity index (χ2n) is 5.48. The molecule has 0 N–H and O–H groups in total. The van der Waals surface area contributed by atoms with Crippen LogP contribution in [0.25, 0.3) is 5.69 Å². The predicted octanol–water partition coefficient (Wildman–Crippen LogP) is 2.78. The van der Waals surface area contributed by atoms with Crippen molar-refractivity contribution in [1.82, 2.24) is 14.5 Å². The molecule has 2 heterocycles. The first-order valence-corrected chi connectivity index (χ1v) is 7.64. The highest BCUT2D eigenvalue weighted by Crippen LogP contribution is 2.24. The van der Waals surface area contributed by atoms with Gasteiger partial charge in [-0.3, -0.25) is 0 Å². The summed E-state index contributed by atoms with van der Waals surface area (Å²) in [6.07, 6.45) is 5.04. The van der Waals surface area contributed by atoms with Crippen LogP contribution in [0.1, 0.15) is 6.42 Å². The SMILES string of the molecule is CN(C)[C@@H]1CCN(c2cccc(-n3cnc(Br)c3)c2)C1. The molecule has 0 amide bonds. The van der Waals surface area contributed by atoms with Crippen LogP contribution >= 0.6 is 15.9 Å². The lowest BCUT2D eigenvalue weighted by Gasteiger charge is -2.22. The molecule has 0 radical (unpaired) electrons. The molecule has 0 aliphatic carbocycles.